The van der Waals surface area contributed by atoms with E-state index in [4.69, 9.17) is 10.6 Å². The maximum absolute atomic E-state index is 13.3. The molecule has 6 heteroatoms. The molecule has 0 fully saturated rings. The summed E-state index contributed by atoms with van der Waals surface area (Å²) in [5.74, 6) is 4.43. The molecular weight excluding hydrogens is 267 g/mol. The molecule has 0 radical (unpaired) electrons. The molecule has 1 amide bonds. The number of nitrogen functional groups attached to an aromatic ring is 1. The smallest absolute Gasteiger partial charge is 0.275 e. The van der Waals surface area contributed by atoms with Crippen molar-refractivity contribution in [2.24, 2.45) is 5.84 Å². The van der Waals surface area contributed by atoms with E-state index in [1.807, 2.05) is 0 Å². The Balaban J connectivity index is 1.88. The molecule has 0 atom stereocenters. The minimum absolute atomic E-state index is 0.197. The van der Waals surface area contributed by atoms with Gasteiger partial charge in [-0.1, -0.05) is 18.2 Å². The number of amides is 1. The monoisotopic (exact) mass is 280 g/mol. The van der Waals surface area contributed by atoms with Crippen molar-refractivity contribution in [3.8, 4) is 0 Å². The molecule has 1 aromatic carbocycles. The van der Waals surface area contributed by atoms with E-state index in [0.29, 0.717) is 17.0 Å². The highest BCUT2D eigenvalue weighted by atomic mass is 32.1. The number of benzene rings is 1. The van der Waals surface area contributed by atoms with E-state index in [-0.39, 0.29) is 18.3 Å². The fourth-order valence-electron chi connectivity index (χ4n) is 1.53. The summed E-state index contributed by atoms with van der Waals surface area (Å²) < 4.78 is 18.7. The predicted molar refractivity (Wildman–Crippen MR) is 70.9 cm³/mol. The molecule has 19 heavy (non-hydrogen) atoms. The van der Waals surface area contributed by atoms with Gasteiger partial charge in [-0.3, -0.25) is 10.2 Å². The Kier molecular flexibility index (Phi) is 4.62. The molecule has 0 saturated heterocycles. The summed E-state index contributed by atoms with van der Waals surface area (Å²) in [6, 6.07) is 9.93. The normalized spacial score (nSPS) is 10.4. The van der Waals surface area contributed by atoms with Gasteiger partial charge in [0.25, 0.3) is 5.91 Å². The molecule has 100 valence electrons. The number of nitrogens with one attached hydrogen (secondary N) is 1. The molecule has 3 N–H and O–H groups in total. The first-order valence-corrected chi connectivity index (χ1v) is 6.43. The van der Waals surface area contributed by atoms with Crippen molar-refractivity contribution in [1.29, 1.82) is 0 Å². The Labute approximate surface area is 114 Å². The molecule has 0 unspecified atom stereocenters. The number of hydrogen-bond donors (Lipinski definition) is 2. The Bertz CT molecular complexity index is 571. The van der Waals surface area contributed by atoms with Crippen LogP contribution in [0.3, 0.4) is 0 Å². The Morgan fingerprint density at radius 1 is 1.26 bits per heavy atom. The SMILES string of the molecule is NNC(=O)c1ccc(COCc2ccccc2F)s1. The van der Waals surface area contributed by atoms with Gasteiger partial charge in [-0.2, -0.15) is 0 Å². The molecule has 0 aliphatic rings. The number of nitrogens with two attached hydrogens (primary N) is 1. The number of thiophene rings is 1. The minimum Gasteiger partial charge on any atom is -0.371 e. The van der Waals surface area contributed by atoms with Gasteiger partial charge in [0.2, 0.25) is 0 Å². The number of carbonyl (C=O) groups excluding carboxylic acids is 1. The van der Waals surface area contributed by atoms with Gasteiger partial charge < -0.3 is 4.74 Å². The molecule has 2 aromatic rings. The number of hydrogen-bond acceptors (Lipinski definition) is 4. The topological polar surface area (TPSA) is 64.3 Å². The Morgan fingerprint density at radius 2 is 2.05 bits per heavy atom. The molecule has 0 bridgehead atoms. The Hall–Kier alpha value is -1.76. The van der Waals surface area contributed by atoms with Crippen molar-refractivity contribution >= 4 is 17.2 Å². The molecule has 1 aromatic heterocycles. The second-order valence-electron chi connectivity index (χ2n) is 3.82. The van der Waals surface area contributed by atoms with Crippen LogP contribution in [0, 0.1) is 5.82 Å². The molecular formula is C13H13FN2O2S. The molecule has 0 aliphatic carbocycles. The van der Waals surface area contributed by atoms with Crippen LogP contribution in [0.4, 0.5) is 4.39 Å². The van der Waals surface area contributed by atoms with Crippen LogP contribution in [0.5, 0.6) is 0 Å². The predicted octanol–water partition coefficient (Wildman–Crippen LogP) is 2.21. The Morgan fingerprint density at radius 3 is 2.79 bits per heavy atom. The van der Waals surface area contributed by atoms with Crippen LogP contribution in [0.2, 0.25) is 0 Å². The van der Waals surface area contributed by atoms with E-state index in [1.165, 1.54) is 17.4 Å². The number of ether oxygens (including phenoxy) is 1. The fourth-order valence-corrected chi connectivity index (χ4v) is 2.37. The first kappa shape index (κ1) is 13.7. The lowest BCUT2D eigenvalue weighted by Gasteiger charge is -2.03. The highest BCUT2D eigenvalue weighted by Crippen LogP contribution is 2.18. The van der Waals surface area contributed by atoms with Gasteiger partial charge in [0.05, 0.1) is 18.1 Å². The zero-order valence-electron chi connectivity index (χ0n) is 10.1. The highest BCUT2D eigenvalue weighted by Gasteiger charge is 2.08. The highest BCUT2D eigenvalue weighted by molar-refractivity contribution is 7.14. The van der Waals surface area contributed by atoms with Crippen molar-refractivity contribution in [1.82, 2.24) is 5.43 Å². The largest absolute Gasteiger partial charge is 0.371 e. The van der Waals surface area contributed by atoms with Gasteiger partial charge in [-0.25, -0.2) is 10.2 Å². The number of carbonyl (C=O) groups is 1. The van der Waals surface area contributed by atoms with Crippen LogP contribution < -0.4 is 11.3 Å². The number of hydrazine groups is 1. The molecule has 0 saturated carbocycles. The number of rotatable bonds is 5. The van der Waals surface area contributed by atoms with Crippen molar-refractivity contribution in [3.05, 3.63) is 57.5 Å². The maximum Gasteiger partial charge on any atom is 0.275 e. The zero-order chi connectivity index (χ0) is 13.7. The lowest BCUT2D eigenvalue weighted by molar-refractivity contribution is 0.0957. The summed E-state index contributed by atoms with van der Waals surface area (Å²) in [4.78, 5) is 12.7. The molecule has 1 heterocycles. The van der Waals surface area contributed by atoms with Gasteiger partial charge in [-0.15, -0.1) is 11.3 Å². The van der Waals surface area contributed by atoms with E-state index >= 15 is 0 Å². The van der Waals surface area contributed by atoms with E-state index in [9.17, 15) is 9.18 Å². The maximum atomic E-state index is 13.3. The van der Waals surface area contributed by atoms with Crippen molar-refractivity contribution < 1.29 is 13.9 Å². The third-order valence-electron chi connectivity index (χ3n) is 2.48. The molecule has 0 spiro atoms. The van der Waals surface area contributed by atoms with E-state index in [2.05, 4.69) is 5.43 Å². The third-order valence-corrected chi connectivity index (χ3v) is 3.53. The van der Waals surface area contributed by atoms with E-state index in [0.717, 1.165) is 4.88 Å². The van der Waals surface area contributed by atoms with Crippen LogP contribution in [-0.4, -0.2) is 5.91 Å². The quantitative estimate of drug-likeness (QED) is 0.501. The van der Waals surface area contributed by atoms with Crippen molar-refractivity contribution in [3.63, 3.8) is 0 Å². The van der Waals surface area contributed by atoms with Crippen LogP contribution in [0.15, 0.2) is 36.4 Å². The average Bonchev–Trinajstić information content (AvgIpc) is 2.89. The van der Waals surface area contributed by atoms with E-state index in [1.54, 1.807) is 30.3 Å². The van der Waals surface area contributed by atoms with Crippen LogP contribution in [0.25, 0.3) is 0 Å². The van der Waals surface area contributed by atoms with Crippen molar-refractivity contribution in [2.75, 3.05) is 0 Å². The van der Waals surface area contributed by atoms with Gasteiger partial charge in [-0.05, 0) is 18.2 Å². The van der Waals surface area contributed by atoms with Crippen LogP contribution in [-0.2, 0) is 18.0 Å². The minimum atomic E-state index is -0.328. The summed E-state index contributed by atoms with van der Waals surface area (Å²) in [7, 11) is 0. The first-order chi connectivity index (χ1) is 9.20. The second-order valence-corrected chi connectivity index (χ2v) is 4.99. The lowest BCUT2D eigenvalue weighted by Crippen LogP contribution is -2.29. The van der Waals surface area contributed by atoms with Crippen LogP contribution in [0.1, 0.15) is 20.1 Å². The summed E-state index contributed by atoms with van der Waals surface area (Å²) in [5, 5.41) is 0. The van der Waals surface area contributed by atoms with Gasteiger partial charge in [0.15, 0.2) is 0 Å². The standard InChI is InChI=1S/C13H13FN2O2S/c14-11-4-2-1-3-9(11)7-18-8-10-5-6-12(19-10)13(17)16-15/h1-6H,7-8,15H2,(H,16,17). The third kappa shape index (κ3) is 3.60. The molecule has 4 nitrogen and oxygen atoms in total. The van der Waals surface area contributed by atoms with Crippen molar-refractivity contribution in [2.45, 2.75) is 13.2 Å². The summed E-state index contributed by atoms with van der Waals surface area (Å²) >= 11 is 1.29. The molecule has 0 aliphatic heterocycles. The van der Waals surface area contributed by atoms with Gasteiger partial charge in [0.1, 0.15) is 5.82 Å². The van der Waals surface area contributed by atoms with Crippen LogP contribution >= 0.6 is 11.3 Å². The first-order valence-electron chi connectivity index (χ1n) is 5.61. The fraction of sp³-hybridized carbons (Fsp3) is 0.154. The summed E-state index contributed by atoms with van der Waals surface area (Å²) in [6.45, 7) is 0.528. The average molecular weight is 280 g/mol. The second kappa shape index (κ2) is 6.42. The molecule has 2 rings (SSSR count). The van der Waals surface area contributed by atoms with Gasteiger partial charge >= 0.3 is 0 Å². The lowest BCUT2D eigenvalue weighted by atomic mass is 10.2. The van der Waals surface area contributed by atoms with Gasteiger partial charge in [0, 0.05) is 10.4 Å². The summed E-state index contributed by atoms with van der Waals surface area (Å²) in [5.41, 5.74) is 2.58. The van der Waals surface area contributed by atoms with E-state index < -0.39 is 0 Å². The summed E-state index contributed by atoms with van der Waals surface area (Å²) in [6.07, 6.45) is 0. The zero-order valence-corrected chi connectivity index (χ0v) is 10.9. The number of halogens is 1.